The molecule has 0 aromatic heterocycles. The van der Waals surface area contributed by atoms with Crippen molar-refractivity contribution in [2.75, 3.05) is 20.4 Å². The third-order valence-electron chi connectivity index (χ3n) is 3.22. The van der Waals surface area contributed by atoms with Crippen molar-refractivity contribution >= 4 is 11.8 Å². The van der Waals surface area contributed by atoms with E-state index in [0.717, 1.165) is 0 Å². The maximum Gasteiger partial charge on any atom is 0.0683 e. The zero-order valence-electron chi connectivity index (χ0n) is 11.8. The van der Waals surface area contributed by atoms with Crippen LogP contribution < -0.4 is 0 Å². The van der Waals surface area contributed by atoms with E-state index in [1.54, 1.807) is 11.8 Å². The van der Waals surface area contributed by atoms with Crippen molar-refractivity contribution in [3.05, 3.63) is 29.8 Å². The molecular formula is C15H22N2S. The van der Waals surface area contributed by atoms with Gasteiger partial charge in [-0.3, -0.25) is 0 Å². The van der Waals surface area contributed by atoms with E-state index < -0.39 is 0 Å². The first-order valence-corrected chi connectivity index (χ1v) is 7.43. The van der Waals surface area contributed by atoms with Crippen LogP contribution in [0, 0.1) is 23.2 Å². The molecule has 0 fully saturated rings. The summed E-state index contributed by atoms with van der Waals surface area (Å²) in [6, 6.07) is 11.2. The summed E-state index contributed by atoms with van der Waals surface area (Å²) >= 11 is 1.74. The largest absolute Gasteiger partial charge is 0.301 e. The van der Waals surface area contributed by atoms with Crippen LogP contribution in [-0.2, 0) is 0 Å². The Kier molecular flexibility index (Phi) is 5.71. The van der Waals surface area contributed by atoms with Gasteiger partial charge in [-0.1, -0.05) is 26.0 Å². The normalized spacial score (nSPS) is 14.6. The lowest BCUT2D eigenvalue weighted by Crippen LogP contribution is -2.29. The molecule has 0 aliphatic heterocycles. The molecule has 0 N–H and O–H groups in total. The lowest BCUT2D eigenvalue weighted by Gasteiger charge is -2.31. The van der Waals surface area contributed by atoms with Crippen LogP contribution in [0.15, 0.2) is 29.2 Å². The van der Waals surface area contributed by atoms with Crippen LogP contribution in [0.1, 0.15) is 25.5 Å². The zero-order chi connectivity index (χ0) is 13.7. The molecule has 0 saturated carbocycles. The molecule has 0 saturated heterocycles. The minimum absolute atomic E-state index is 0.0140. The first-order chi connectivity index (χ1) is 8.51. The van der Waals surface area contributed by atoms with E-state index in [-0.39, 0.29) is 12.0 Å². The number of hydrogen-bond acceptors (Lipinski definition) is 3. The molecule has 0 bridgehead atoms. The Labute approximate surface area is 115 Å². The minimum Gasteiger partial charge on any atom is -0.301 e. The van der Waals surface area contributed by atoms with E-state index in [4.69, 9.17) is 0 Å². The highest BCUT2D eigenvalue weighted by Gasteiger charge is 2.27. The van der Waals surface area contributed by atoms with Gasteiger partial charge in [0.15, 0.2) is 0 Å². The second-order valence-electron chi connectivity index (χ2n) is 5.08. The van der Waals surface area contributed by atoms with Crippen molar-refractivity contribution in [3.63, 3.8) is 0 Å². The number of thioether (sulfide) groups is 1. The van der Waals surface area contributed by atoms with Gasteiger partial charge in [0.2, 0.25) is 0 Å². The summed E-state index contributed by atoms with van der Waals surface area (Å²) in [5, 5.41) is 9.40. The molecule has 2 unspecified atom stereocenters. The molecule has 0 amide bonds. The predicted molar refractivity (Wildman–Crippen MR) is 78.6 cm³/mol. The minimum atomic E-state index is 0.0140. The Morgan fingerprint density at radius 1 is 1.17 bits per heavy atom. The highest BCUT2D eigenvalue weighted by Crippen LogP contribution is 2.32. The van der Waals surface area contributed by atoms with E-state index in [2.05, 4.69) is 55.3 Å². The quantitative estimate of drug-likeness (QED) is 0.755. The highest BCUT2D eigenvalue weighted by molar-refractivity contribution is 7.98. The smallest absolute Gasteiger partial charge is 0.0683 e. The van der Waals surface area contributed by atoms with Crippen molar-refractivity contribution in [2.24, 2.45) is 11.8 Å². The van der Waals surface area contributed by atoms with Gasteiger partial charge in [-0.05, 0) is 44.0 Å². The lowest BCUT2D eigenvalue weighted by atomic mass is 9.85. The number of benzene rings is 1. The lowest BCUT2D eigenvalue weighted by molar-refractivity contribution is 0.210. The van der Waals surface area contributed by atoms with Gasteiger partial charge in [-0.2, -0.15) is 5.26 Å². The molecule has 98 valence electrons. The van der Waals surface area contributed by atoms with E-state index in [1.807, 2.05) is 14.1 Å². The summed E-state index contributed by atoms with van der Waals surface area (Å²) < 4.78 is 0. The zero-order valence-corrected chi connectivity index (χ0v) is 12.7. The Morgan fingerprint density at radius 2 is 1.72 bits per heavy atom. The van der Waals surface area contributed by atoms with Crippen LogP contribution in [-0.4, -0.2) is 25.3 Å². The van der Waals surface area contributed by atoms with Crippen LogP contribution in [0.3, 0.4) is 0 Å². The Hall–Kier alpha value is -0.980. The monoisotopic (exact) mass is 262 g/mol. The standard InChI is InChI=1S/C15H22N2S/c1-11(2)14(10-16)15(17(3)4)12-6-8-13(18-5)9-7-12/h6-9,11,14-15H,1-5H3. The molecular weight excluding hydrogens is 240 g/mol. The molecule has 2 nitrogen and oxygen atoms in total. The second kappa shape index (κ2) is 6.82. The first-order valence-electron chi connectivity index (χ1n) is 6.21. The SMILES string of the molecule is CSc1ccc(C(C(C#N)C(C)C)N(C)C)cc1. The average molecular weight is 262 g/mol. The maximum absolute atomic E-state index is 9.40. The maximum atomic E-state index is 9.40. The molecule has 1 aromatic rings. The number of rotatable bonds is 5. The van der Waals surface area contributed by atoms with Gasteiger partial charge in [-0.25, -0.2) is 0 Å². The fourth-order valence-corrected chi connectivity index (χ4v) is 2.62. The second-order valence-corrected chi connectivity index (χ2v) is 5.96. The summed E-state index contributed by atoms with van der Waals surface area (Å²) in [5.74, 6) is 0.364. The van der Waals surface area contributed by atoms with Crippen LogP contribution in [0.2, 0.25) is 0 Å². The van der Waals surface area contributed by atoms with Gasteiger partial charge < -0.3 is 4.90 Å². The van der Waals surface area contributed by atoms with Crippen molar-refractivity contribution < 1.29 is 0 Å². The predicted octanol–water partition coefficient (Wildman–Crippen LogP) is 3.81. The molecule has 3 heteroatoms. The summed E-state index contributed by atoms with van der Waals surface area (Å²) in [6.07, 6.45) is 2.07. The van der Waals surface area contributed by atoms with Crippen molar-refractivity contribution in [1.82, 2.24) is 4.90 Å². The molecule has 0 aliphatic carbocycles. The molecule has 1 rings (SSSR count). The van der Waals surface area contributed by atoms with E-state index in [1.165, 1.54) is 10.5 Å². The van der Waals surface area contributed by atoms with Crippen LogP contribution in [0.4, 0.5) is 0 Å². The summed E-state index contributed by atoms with van der Waals surface area (Å²) in [6.45, 7) is 4.22. The van der Waals surface area contributed by atoms with Gasteiger partial charge in [0.1, 0.15) is 0 Å². The Morgan fingerprint density at radius 3 is 2.06 bits per heavy atom. The molecule has 0 radical (unpaired) electrons. The Bertz CT molecular complexity index is 403. The van der Waals surface area contributed by atoms with Crippen molar-refractivity contribution in [2.45, 2.75) is 24.8 Å². The number of nitriles is 1. The third kappa shape index (κ3) is 3.51. The summed E-state index contributed by atoms with van der Waals surface area (Å²) in [7, 11) is 4.08. The molecule has 0 spiro atoms. The van der Waals surface area contributed by atoms with Crippen molar-refractivity contribution in [3.8, 4) is 6.07 Å². The number of nitrogens with zero attached hydrogens (tertiary/aromatic N) is 2. The van der Waals surface area contributed by atoms with Gasteiger partial charge >= 0.3 is 0 Å². The molecule has 0 aliphatic rings. The van der Waals surface area contributed by atoms with Gasteiger partial charge in [0.25, 0.3) is 0 Å². The fraction of sp³-hybridized carbons (Fsp3) is 0.533. The van der Waals surface area contributed by atoms with Gasteiger partial charge in [-0.15, -0.1) is 11.8 Å². The van der Waals surface area contributed by atoms with Crippen LogP contribution in [0.5, 0.6) is 0 Å². The Balaban J connectivity index is 3.08. The average Bonchev–Trinajstić information content (AvgIpc) is 2.35. The van der Waals surface area contributed by atoms with Crippen LogP contribution >= 0.6 is 11.8 Å². The summed E-state index contributed by atoms with van der Waals surface area (Å²) in [4.78, 5) is 3.40. The third-order valence-corrected chi connectivity index (χ3v) is 3.96. The first kappa shape index (κ1) is 15.1. The summed E-state index contributed by atoms with van der Waals surface area (Å²) in [5.41, 5.74) is 1.22. The van der Waals surface area contributed by atoms with E-state index in [0.29, 0.717) is 5.92 Å². The van der Waals surface area contributed by atoms with E-state index >= 15 is 0 Å². The van der Waals surface area contributed by atoms with Crippen molar-refractivity contribution in [1.29, 1.82) is 5.26 Å². The number of hydrogen-bond donors (Lipinski definition) is 0. The highest BCUT2D eigenvalue weighted by atomic mass is 32.2. The molecule has 1 aromatic carbocycles. The molecule has 18 heavy (non-hydrogen) atoms. The molecule has 2 atom stereocenters. The topological polar surface area (TPSA) is 27.0 Å². The molecule has 0 heterocycles. The van der Waals surface area contributed by atoms with Gasteiger partial charge in [0, 0.05) is 4.90 Å². The van der Waals surface area contributed by atoms with E-state index in [9.17, 15) is 5.26 Å². The van der Waals surface area contributed by atoms with Crippen LogP contribution in [0.25, 0.3) is 0 Å². The fourth-order valence-electron chi connectivity index (χ4n) is 2.21. The van der Waals surface area contributed by atoms with Gasteiger partial charge in [0.05, 0.1) is 18.0 Å².